The number of hydrogen-bond donors (Lipinski definition) is 1. The molecule has 0 aliphatic carbocycles. The zero-order chi connectivity index (χ0) is 10.5. The van der Waals surface area contributed by atoms with Gasteiger partial charge in [0.15, 0.2) is 0 Å². The lowest BCUT2D eigenvalue weighted by Gasteiger charge is -2.21. The summed E-state index contributed by atoms with van der Waals surface area (Å²) in [4.78, 5) is 11.2. The van der Waals surface area contributed by atoms with Gasteiger partial charge in [0.05, 0.1) is 12.5 Å². The Morgan fingerprint density at radius 3 is 2.54 bits per heavy atom. The van der Waals surface area contributed by atoms with Gasteiger partial charge in [-0.1, -0.05) is 22.5 Å². The highest BCUT2D eigenvalue weighted by Gasteiger charge is 2.27. The van der Waals surface area contributed by atoms with E-state index in [1.807, 2.05) is 13.8 Å². The fourth-order valence-electron chi connectivity index (χ4n) is 0.859. The van der Waals surface area contributed by atoms with Gasteiger partial charge < -0.3 is 10.1 Å². The van der Waals surface area contributed by atoms with Crippen molar-refractivity contribution in [3.63, 3.8) is 0 Å². The van der Waals surface area contributed by atoms with Crippen molar-refractivity contribution in [3.8, 4) is 0 Å². The van der Waals surface area contributed by atoms with Gasteiger partial charge in [0.25, 0.3) is 0 Å². The van der Waals surface area contributed by atoms with Crippen molar-refractivity contribution in [1.82, 2.24) is 5.32 Å². The molecule has 1 N–H and O–H groups in total. The highest BCUT2D eigenvalue weighted by Crippen LogP contribution is 2.15. The second kappa shape index (κ2) is 5.40. The summed E-state index contributed by atoms with van der Waals surface area (Å²) in [5, 5.41) is 3.09. The van der Waals surface area contributed by atoms with Crippen LogP contribution in [-0.2, 0) is 9.53 Å². The molecule has 0 fully saturated rings. The number of esters is 1. The number of halogens is 1. The van der Waals surface area contributed by atoms with Crippen molar-refractivity contribution in [3.05, 3.63) is 11.1 Å². The van der Waals surface area contributed by atoms with E-state index >= 15 is 0 Å². The van der Waals surface area contributed by atoms with E-state index in [1.54, 1.807) is 0 Å². The molecule has 0 spiro atoms. The number of ether oxygens (including phenoxy) is 1. The van der Waals surface area contributed by atoms with Gasteiger partial charge >= 0.3 is 5.97 Å². The van der Waals surface area contributed by atoms with Crippen molar-refractivity contribution in [2.24, 2.45) is 5.41 Å². The minimum atomic E-state index is -0.489. The molecule has 4 heteroatoms. The predicted molar refractivity (Wildman–Crippen MR) is 56.7 cm³/mol. The molecule has 0 amide bonds. The average molecular weight is 250 g/mol. The molecule has 0 rings (SSSR count). The molecule has 0 bridgehead atoms. The van der Waals surface area contributed by atoms with E-state index in [4.69, 9.17) is 0 Å². The standard InChI is InChI=1S/C9H16BrNO2/c1-7(10)5-11-6-9(2,3)8(12)13-4/h11H,1,5-6H2,2-4H3. The van der Waals surface area contributed by atoms with E-state index < -0.39 is 5.41 Å². The molecule has 0 saturated carbocycles. The lowest BCUT2D eigenvalue weighted by Crippen LogP contribution is -2.37. The maximum atomic E-state index is 11.2. The molecule has 0 aromatic rings. The molecule has 0 unspecified atom stereocenters. The summed E-state index contributed by atoms with van der Waals surface area (Å²) in [7, 11) is 1.40. The van der Waals surface area contributed by atoms with Crippen LogP contribution in [0.2, 0.25) is 0 Å². The van der Waals surface area contributed by atoms with Crippen molar-refractivity contribution in [2.75, 3.05) is 20.2 Å². The number of hydrogen-bond acceptors (Lipinski definition) is 3. The van der Waals surface area contributed by atoms with Crippen LogP contribution >= 0.6 is 15.9 Å². The van der Waals surface area contributed by atoms with Crippen LogP contribution in [0.15, 0.2) is 11.1 Å². The number of nitrogens with one attached hydrogen (secondary N) is 1. The number of carbonyl (C=O) groups is 1. The van der Waals surface area contributed by atoms with Crippen LogP contribution in [0.25, 0.3) is 0 Å². The molecule has 0 aromatic heterocycles. The highest BCUT2D eigenvalue weighted by molar-refractivity contribution is 9.11. The first-order chi connectivity index (χ1) is 5.90. The van der Waals surface area contributed by atoms with Gasteiger partial charge in [-0.15, -0.1) is 0 Å². The third kappa shape index (κ3) is 5.05. The Morgan fingerprint density at radius 2 is 2.15 bits per heavy atom. The molecule has 0 aliphatic rings. The van der Waals surface area contributed by atoms with Gasteiger partial charge in [0.1, 0.15) is 0 Å². The average Bonchev–Trinajstić information content (AvgIpc) is 2.01. The van der Waals surface area contributed by atoms with Gasteiger partial charge in [0.2, 0.25) is 0 Å². The first-order valence-corrected chi connectivity index (χ1v) is 4.82. The molecule has 0 atom stereocenters. The van der Waals surface area contributed by atoms with Crippen LogP contribution in [0, 0.1) is 5.41 Å². The van der Waals surface area contributed by atoms with E-state index in [1.165, 1.54) is 7.11 Å². The zero-order valence-corrected chi connectivity index (χ0v) is 9.90. The minimum absolute atomic E-state index is 0.208. The smallest absolute Gasteiger partial charge is 0.312 e. The Hall–Kier alpha value is -0.350. The quantitative estimate of drug-likeness (QED) is 0.754. The minimum Gasteiger partial charge on any atom is -0.469 e. The topological polar surface area (TPSA) is 38.3 Å². The van der Waals surface area contributed by atoms with Crippen molar-refractivity contribution in [1.29, 1.82) is 0 Å². The number of rotatable bonds is 5. The summed E-state index contributed by atoms with van der Waals surface area (Å²) in [6, 6.07) is 0. The lowest BCUT2D eigenvalue weighted by atomic mass is 9.94. The third-order valence-electron chi connectivity index (χ3n) is 1.62. The van der Waals surface area contributed by atoms with Gasteiger partial charge in [-0.2, -0.15) is 0 Å². The highest BCUT2D eigenvalue weighted by atomic mass is 79.9. The Bertz CT molecular complexity index is 202. The number of carbonyl (C=O) groups excluding carboxylic acids is 1. The summed E-state index contributed by atoms with van der Waals surface area (Å²) in [5.41, 5.74) is -0.489. The van der Waals surface area contributed by atoms with Crippen LogP contribution in [-0.4, -0.2) is 26.2 Å². The monoisotopic (exact) mass is 249 g/mol. The van der Waals surface area contributed by atoms with Gasteiger partial charge in [-0.3, -0.25) is 4.79 Å². The molecule has 0 radical (unpaired) electrons. The molecular formula is C9H16BrNO2. The Balaban J connectivity index is 3.89. The zero-order valence-electron chi connectivity index (χ0n) is 8.32. The van der Waals surface area contributed by atoms with Crippen LogP contribution in [0.5, 0.6) is 0 Å². The Morgan fingerprint density at radius 1 is 1.62 bits per heavy atom. The maximum Gasteiger partial charge on any atom is 0.312 e. The summed E-state index contributed by atoms with van der Waals surface area (Å²) in [6.45, 7) is 8.58. The molecule has 76 valence electrons. The fraction of sp³-hybridized carbons (Fsp3) is 0.667. The van der Waals surface area contributed by atoms with E-state index in [0.29, 0.717) is 13.1 Å². The molecule has 0 saturated heterocycles. The molecule has 0 aliphatic heterocycles. The molecule has 0 aromatic carbocycles. The Kier molecular flexibility index (Phi) is 5.25. The van der Waals surface area contributed by atoms with Crippen molar-refractivity contribution < 1.29 is 9.53 Å². The second-order valence-corrected chi connectivity index (χ2v) is 4.62. The van der Waals surface area contributed by atoms with Gasteiger partial charge in [-0.05, 0) is 13.8 Å². The summed E-state index contributed by atoms with van der Waals surface area (Å²) < 4.78 is 5.53. The van der Waals surface area contributed by atoms with Gasteiger partial charge in [-0.25, -0.2) is 0 Å². The normalized spacial score (nSPS) is 11.1. The summed E-state index contributed by atoms with van der Waals surface area (Å²) in [6.07, 6.45) is 0. The van der Waals surface area contributed by atoms with E-state index in [2.05, 4.69) is 32.6 Å². The van der Waals surface area contributed by atoms with Crippen LogP contribution in [0.1, 0.15) is 13.8 Å². The molecule has 3 nitrogen and oxygen atoms in total. The van der Waals surface area contributed by atoms with Gasteiger partial charge in [0, 0.05) is 17.6 Å². The first-order valence-electron chi connectivity index (χ1n) is 4.02. The second-order valence-electron chi connectivity index (χ2n) is 3.50. The van der Waals surface area contributed by atoms with Crippen molar-refractivity contribution >= 4 is 21.9 Å². The van der Waals surface area contributed by atoms with E-state index in [-0.39, 0.29) is 5.97 Å². The molecular weight excluding hydrogens is 234 g/mol. The third-order valence-corrected chi connectivity index (χ3v) is 1.90. The SMILES string of the molecule is C=C(Br)CNCC(C)(C)C(=O)OC. The largest absolute Gasteiger partial charge is 0.469 e. The summed E-state index contributed by atoms with van der Waals surface area (Å²) in [5.74, 6) is -0.208. The van der Waals surface area contributed by atoms with Crippen LogP contribution in [0.4, 0.5) is 0 Å². The van der Waals surface area contributed by atoms with Crippen molar-refractivity contribution in [2.45, 2.75) is 13.8 Å². The van der Waals surface area contributed by atoms with Crippen LogP contribution < -0.4 is 5.32 Å². The summed E-state index contributed by atoms with van der Waals surface area (Å²) >= 11 is 3.22. The lowest BCUT2D eigenvalue weighted by molar-refractivity contribution is -0.150. The maximum absolute atomic E-state index is 11.2. The van der Waals surface area contributed by atoms with E-state index in [9.17, 15) is 4.79 Å². The first kappa shape index (κ1) is 12.7. The van der Waals surface area contributed by atoms with E-state index in [0.717, 1.165) is 4.48 Å². The molecule has 0 heterocycles. The number of methoxy groups -OCH3 is 1. The Labute approximate surface area is 87.7 Å². The van der Waals surface area contributed by atoms with Crippen LogP contribution in [0.3, 0.4) is 0 Å². The predicted octanol–water partition coefficient (Wildman–Crippen LogP) is 1.68. The fourth-order valence-corrected chi connectivity index (χ4v) is 1.06. The molecule has 13 heavy (non-hydrogen) atoms.